The molecular formula is C20H17ClN2O3. The molecular weight excluding hydrogens is 352 g/mol. The zero-order valence-electron chi connectivity index (χ0n) is 14.1. The van der Waals surface area contributed by atoms with Gasteiger partial charge in [-0.3, -0.25) is 4.79 Å². The second-order valence-electron chi connectivity index (χ2n) is 5.49. The molecule has 1 heterocycles. The predicted octanol–water partition coefficient (Wildman–Crippen LogP) is 4.33. The third-order valence-corrected chi connectivity index (χ3v) is 4.02. The first-order chi connectivity index (χ1) is 12.7. The summed E-state index contributed by atoms with van der Waals surface area (Å²) >= 11 is 6.05. The van der Waals surface area contributed by atoms with Crippen molar-refractivity contribution in [2.75, 3.05) is 7.11 Å². The van der Waals surface area contributed by atoms with Crippen LogP contribution in [0.5, 0.6) is 5.75 Å². The fraction of sp³-hybridized carbons (Fsp3) is 0.100. The van der Waals surface area contributed by atoms with E-state index in [0.29, 0.717) is 16.5 Å². The summed E-state index contributed by atoms with van der Waals surface area (Å²) in [6.07, 6.45) is 3.10. The van der Waals surface area contributed by atoms with Gasteiger partial charge in [0, 0.05) is 22.7 Å². The third-order valence-electron chi connectivity index (χ3n) is 3.68. The molecule has 5 nitrogen and oxygen atoms in total. The Morgan fingerprint density at radius 1 is 1.23 bits per heavy atom. The highest BCUT2D eigenvalue weighted by Gasteiger charge is 2.08. The SMILES string of the molecule is COc1cccc(-c2cc(CNC(=O)/C=C/c3ccccc3Cl)no2)c1. The number of carbonyl (C=O) groups is 1. The van der Waals surface area contributed by atoms with Crippen molar-refractivity contribution in [3.05, 3.63) is 77.0 Å². The van der Waals surface area contributed by atoms with Crippen molar-refractivity contribution in [2.24, 2.45) is 0 Å². The predicted molar refractivity (Wildman–Crippen MR) is 101 cm³/mol. The van der Waals surface area contributed by atoms with E-state index in [2.05, 4.69) is 10.5 Å². The van der Waals surface area contributed by atoms with Gasteiger partial charge >= 0.3 is 0 Å². The molecule has 0 aliphatic carbocycles. The number of rotatable bonds is 6. The zero-order valence-corrected chi connectivity index (χ0v) is 14.9. The maximum Gasteiger partial charge on any atom is 0.244 e. The highest BCUT2D eigenvalue weighted by Crippen LogP contribution is 2.24. The summed E-state index contributed by atoms with van der Waals surface area (Å²) < 4.78 is 10.5. The first-order valence-corrected chi connectivity index (χ1v) is 8.34. The van der Waals surface area contributed by atoms with E-state index < -0.39 is 0 Å². The summed E-state index contributed by atoms with van der Waals surface area (Å²) in [4.78, 5) is 11.9. The molecule has 3 rings (SSSR count). The number of nitrogens with zero attached hydrogens (tertiary/aromatic N) is 1. The van der Waals surface area contributed by atoms with E-state index in [0.717, 1.165) is 16.9 Å². The molecule has 0 unspecified atom stereocenters. The Hall–Kier alpha value is -3.05. The van der Waals surface area contributed by atoms with Gasteiger partial charge in [0.1, 0.15) is 11.4 Å². The van der Waals surface area contributed by atoms with E-state index in [9.17, 15) is 4.79 Å². The molecule has 1 N–H and O–H groups in total. The summed E-state index contributed by atoms with van der Waals surface area (Å²) in [5.41, 5.74) is 2.27. The molecule has 0 radical (unpaired) electrons. The molecule has 3 aromatic rings. The lowest BCUT2D eigenvalue weighted by Gasteiger charge is -2.00. The van der Waals surface area contributed by atoms with Crippen LogP contribution in [-0.2, 0) is 11.3 Å². The van der Waals surface area contributed by atoms with E-state index in [1.165, 1.54) is 6.08 Å². The zero-order chi connectivity index (χ0) is 18.4. The molecule has 0 aliphatic heterocycles. The smallest absolute Gasteiger partial charge is 0.244 e. The average molecular weight is 369 g/mol. The number of aromatic nitrogens is 1. The van der Waals surface area contributed by atoms with Crippen LogP contribution in [0.25, 0.3) is 17.4 Å². The topological polar surface area (TPSA) is 64.4 Å². The van der Waals surface area contributed by atoms with Gasteiger partial charge in [-0.25, -0.2) is 0 Å². The van der Waals surface area contributed by atoms with Crippen molar-refractivity contribution >= 4 is 23.6 Å². The minimum absolute atomic E-state index is 0.240. The summed E-state index contributed by atoms with van der Waals surface area (Å²) in [7, 11) is 1.61. The van der Waals surface area contributed by atoms with Gasteiger partial charge < -0.3 is 14.6 Å². The number of amides is 1. The van der Waals surface area contributed by atoms with E-state index >= 15 is 0 Å². The van der Waals surface area contributed by atoms with Gasteiger partial charge in [-0.1, -0.05) is 47.1 Å². The van der Waals surface area contributed by atoms with Crippen molar-refractivity contribution in [1.82, 2.24) is 10.5 Å². The quantitative estimate of drug-likeness (QED) is 0.657. The maximum absolute atomic E-state index is 11.9. The van der Waals surface area contributed by atoms with Crippen LogP contribution in [0.2, 0.25) is 5.02 Å². The van der Waals surface area contributed by atoms with Gasteiger partial charge in [0.2, 0.25) is 5.91 Å². The molecule has 0 saturated carbocycles. The molecule has 0 bridgehead atoms. The van der Waals surface area contributed by atoms with Gasteiger partial charge in [-0.15, -0.1) is 0 Å². The number of nitrogens with one attached hydrogen (secondary N) is 1. The second kappa shape index (κ2) is 8.36. The Morgan fingerprint density at radius 2 is 2.08 bits per heavy atom. The Kier molecular flexibility index (Phi) is 5.71. The van der Waals surface area contributed by atoms with E-state index in [1.54, 1.807) is 25.3 Å². The summed E-state index contributed by atoms with van der Waals surface area (Å²) in [5, 5.41) is 7.33. The molecule has 1 amide bonds. The first-order valence-electron chi connectivity index (χ1n) is 7.96. The molecule has 0 saturated heterocycles. The Balaban J connectivity index is 1.59. The van der Waals surface area contributed by atoms with Crippen LogP contribution in [0.4, 0.5) is 0 Å². The number of carbonyl (C=O) groups excluding carboxylic acids is 1. The first kappa shape index (κ1) is 17.8. The molecule has 1 aromatic heterocycles. The van der Waals surface area contributed by atoms with E-state index in [-0.39, 0.29) is 12.5 Å². The normalized spacial score (nSPS) is 10.8. The van der Waals surface area contributed by atoms with Gasteiger partial charge in [0.05, 0.1) is 13.7 Å². The lowest BCUT2D eigenvalue weighted by Crippen LogP contribution is -2.20. The Bertz CT molecular complexity index is 934. The van der Waals surface area contributed by atoms with Crippen molar-refractivity contribution in [1.29, 1.82) is 0 Å². The van der Waals surface area contributed by atoms with Crippen LogP contribution >= 0.6 is 11.6 Å². The monoisotopic (exact) mass is 368 g/mol. The molecule has 0 atom stereocenters. The largest absolute Gasteiger partial charge is 0.497 e. The molecule has 0 spiro atoms. The average Bonchev–Trinajstić information content (AvgIpc) is 3.15. The summed E-state index contributed by atoms with van der Waals surface area (Å²) in [6.45, 7) is 0.263. The van der Waals surface area contributed by atoms with Crippen LogP contribution in [0.1, 0.15) is 11.3 Å². The number of hydrogen-bond acceptors (Lipinski definition) is 4. The van der Waals surface area contributed by atoms with Gasteiger partial charge in [0.15, 0.2) is 5.76 Å². The minimum atomic E-state index is -0.240. The van der Waals surface area contributed by atoms with Gasteiger partial charge in [0.25, 0.3) is 0 Å². The van der Waals surface area contributed by atoms with Gasteiger partial charge in [-0.2, -0.15) is 0 Å². The van der Waals surface area contributed by atoms with Crippen molar-refractivity contribution < 1.29 is 14.1 Å². The summed E-state index contributed by atoms with van der Waals surface area (Å²) in [5.74, 6) is 1.11. The van der Waals surface area contributed by atoms with Crippen molar-refractivity contribution in [3.8, 4) is 17.1 Å². The number of hydrogen-bond donors (Lipinski definition) is 1. The van der Waals surface area contributed by atoms with Crippen LogP contribution in [0, 0.1) is 0 Å². The van der Waals surface area contributed by atoms with Crippen molar-refractivity contribution in [2.45, 2.75) is 6.54 Å². The van der Waals surface area contributed by atoms with Crippen LogP contribution in [0.3, 0.4) is 0 Å². The minimum Gasteiger partial charge on any atom is -0.497 e. The van der Waals surface area contributed by atoms with Crippen LogP contribution in [-0.4, -0.2) is 18.2 Å². The number of benzene rings is 2. The molecule has 132 valence electrons. The molecule has 0 fully saturated rings. The Labute approximate surface area is 156 Å². The number of methoxy groups -OCH3 is 1. The van der Waals surface area contributed by atoms with Crippen LogP contribution < -0.4 is 10.1 Å². The fourth-order valence-corrected chi connectivity index (χ4v) is 2.52. The molecule has 0 aliphatic rings. The molecule has 26 heavy (non-hydrogen) atoms. The molecule has 2 aromatic carbocycles. The number of ether oxygens (including phenoxy) is 1. The standard InChI is InChI=1S/C20H17ClN2O3/c1-25-17-7-4-6-15(11-17)19-12-16(23-26-19)13-22-20(24)10-9-14-5-2-3-8-18(14)21/h2-12H,13H2,1H3,(H,22,24)/b10-9+. The highest BCUT2D eigenvalue weighted by molar-refractivity contribution is 6.32. The van der Waals surface area contributed by atoms with Crippen LogP contribution in [0.15, 0.2) is 65.2 Å². The fourth-order valence-electron chi connectivity index (χ4n) is 2.32. The lowest BCUT2D eigenvalue weighted by atomic mass is 10.1. The lowest BCUT2D eigenvalue weighted by molar-refractivity contribution is -0.116. The van der Waals surface area contributed by atoms with Crippen molar-refractivity contribution in [3.63, 3.8) is 0 Å². The summed E-state index contributed by atoms with van der Waals surface area (Å²) in [6, 6.07) is 16.6. The Morgan fingerprint density at radius 3 is 2.88 bits per heavy atom. The highest BCUT2D eigenvalue weighted by atomic mass is 35.5. The maximum atomic E-state index is 11.9. The second-order valence-corrected chi connectivity index (χ2v) is 5.89. The molecule has 6 heteroatoms. The third kappa shape index (κ3) is 4.52. The van der Waals surface area contributed by atoms with Gasteiger partial charge in [-0.05, 0) is 29.8 Å². The number of halogens is 1. The van der Waals surface area contributed by atoms with E-state index in [4.69, 9.17) is 20.9 Å². The van der Waals surface area contributed by atoms with E-state index in [1.807, 2.05) is 42.5 Å².